The van der Waals surface area contributed by atoms with E-state index in [2.05, 4.69) is 26.1 Å². The Labute approximate surface area is 161 Å². The zero-order chi connectivity index (χ0) is 18.5. The summed E-state index contributed by atoms with van der Waals surface area (Å²) in [6.45, 7) is 1.53. The van der Waals surface area contributed by atoms with Crippen LogP contribution in [0.3, 0.4) is 0 Å². The van der Waals surface area contributed by atoms with Gasteiger partial charge in [-0.1, -0.05) is 40.2 Å². The summed E-state index contributed by atoms with van der Waals surface area (Å²) in [5.41, 5.74) is 8.26. The summed E-state index contributed by atoms with van der Waals surface area (Å²) in [5.74, 6) is -0.317. The molecule has 6 heteroatoms. The Morgan fingerprint density at radius 3 is 2.65 bits per heavy atom. The average molecular weight is 416 g/mol. The number of anilines is 1. The topological polar surface area (TPSA) is 75.4 Å². The Hall–Kier alpha value is -2.18. The van der Waals surface area contributed by atoms with Crippen LogP contribution >= 0.6 is 15.9 Å². The summed E-state index contributed by atoms with van der Waals surface area (Å²) >= 11 is 3.39. The molecule has 2 aromatic carbocycles. The zero-order valence-corrected chi connectivity index (χ0v) is 16.0. The minimum Gasteiger partial charge on any atom is -0.368 e. The van der Waals surface area contributed by atoms with Crippen molar-refractivity contribution in [3.05, 3.63) is 64.1 Å². The van der Waals surface area contributed by atoms with Crippen LogP contribution in [0.5, 0.6) is 0 Å². The smallest absolute Gasteiger partial charge is 0.234 e. The Morgan fingerprint density at radius 2 is 1.92 bits per heavy atom. The van der Waals surface area contributed by atoms with Crippen LogP contribution < -0.4 is 11.1 Å². The van der Waals surface area contributed by atoms with E-state index in [0.29, 0.717) is 13.0 Å². The predicted octanol–water partition coefficient (Wildman–Crippen LogP) is 3.08. The summed E-state index contributed by atoms with van der Waals surface area (Å²) in [7, 11) is 0. The molecule has 3 N–H and O–H groups in total. The first-order chi connectivity index (χ1) is 12.5. The number of benzene rings is 2. The van der Waals surface area contributed by atoms with Crippen molar-refractivity contribution in [3.8, 4) is 0 Å². The van der Waals surface area contributed by atoms with Gasteiger partial charge in [-0.15, -0.1) is 0 Å². The molecule has 1 unspecified atom stereocenters. The standard InChI is InChI=1S/C20H22BrN3O2/c21-16-8-6-14(7-9-16)12-19(25)23-17-4-1-3-15(11-17)13-24-10-2-5-18(24)20(22)26/h1,3-4,6-9,11,18H,2,5,10,12-13H2,(H2,22,26)(H,23,25). The SMILES string of the molecule is NC(=O)C1CCCN1Cc1cccc(NC(=O)Cc2ccc(Br)cc2)c1. The fraction of sp³-hybridized carbons (Fsp3) is 0.300. The predicted molar refractivity (Wildman–Crippen MR) is 106 cm³/mol. The molecule has 0 radical (unpaired) electrons. The third kappa shape index (κ3) is 4.93. The lowest BCUT2D eigenvalue weighted by atomic mass is 10.1. The van der Waals surface area contributed by atoms with E-state index in [1.165, 1.54) is 0 Å². The van der Waals surface area contributed by atoms with Gasteiger partial charge in [-0.25, -0.2) is 0 Å². The number of carbonyl (C=O) groups excluding carboxylic acids is 2. The van der Waals surface area contributed by atoms with Crippen LogP contribution in [0.2, 0.25) is 0 Å². The minimum absolute atomic E-state index is 0.0549. The van der Waals surface area contributed by atoms with Crippen molar-refractivity contribution < 1.29 is 9.59 Å². The van der Waals surface area contributed by atoms with Gasteiger partial charge in [-0.05, 0) is 54.8 Å². The van der Waals surface area contributed by atoms with E-state index in [-0.39, 0.29) is 17.9 Å². The fourth-order valence-corrected chi connectivity index (χ4v) is 3.58. The molecule has 3 rings (SSSR count). The summed E-state index contributed by atoms with van der Waals surface area (Å²) in [5, 5.41) is 2.94. The molecule has 0 aromatic heterocycles. The Kier molecular flexibility index (Phi) is 6.06. The highest BCUT2D eigenvalue weighted by molar-refractivity contribution is 9.10. The summed E-state index contributed by atoms with van der Waals surface area (Å²) < 4.78 is 0.991. The number of nitrogens with one attached hydrogen (secondary N) is 1. The number of amides is 2. The molecule has 0 spiro atoms. The highest BCUT2D eigenvalue weighted by Crippen LogP contribution is 2.21. The van der Waals surface area contributed by atoms with Gasteiger partial charge < -0.3 is 11.1 Å². The van der Waals surface area contributed by atoms with Gasteiger partial charge in [-0.2, -0.15) is 0 Å². The van der Waals surface area contributed by atoms with Crippen molar-refractivity contribution in [3.63, 3.8) is 0 Å². The first kappa shape index (κ1) is 18.6. The number of likely N-dealkylation sites (tertiary alicyclic amines) is 1. The number of rotatable bonds is 6. The second kappa shape index (κ2) is 8.47. The first-order valence-electron chi connectivity index (χ1n) is 8.68. The molecular formula is C20H22BrN3O2. The summed E-state index contributed by atoms with van der Waals surface area (Å²) in [6, 6.07) is 15.3. The van der Waals surface area contributed by atoms with Gasteiger partial charge >= 0.3 is 0 Å². The van der Waals surface area contributed by atoms with Gasteiger partial charge in [0.05, 0.1) is 12.5 Å². The Morgan fingerprint density at radius 1 is 1.15 bits per heavy atom. The van der Waals surface area contributed by atoms with E-state index in [9.17, 15) is 9.59 Å². The van der Waals surface area contributed by atoms with Crippen molar-refractivity contribution in [2.75, 3.05) is 11.9 Å². The van der Waals surface area contributed by atoms with Crippen molar-refractivity contribution in [1.29, 1.82) is 0 Å². The quantitative estimate of drug-likeness (QED) is 0.760. The molecule has 1 atom stereocenters. The van der Waals surface area contributed by atoms with Gasteiger partial charge in [-0.3, -0.25) is 14.5 Å². The van der Waals surface area contributed by atoms with Gasteiger partial charge in [0.1, 0.15) is 0 Å². The van der Waals surface area contributed by atoms with Crippen molar-refractivity contribution in [2.24, 2.45) is 5.73 Å². The second-order valence-electron chi connectivity index (χ2n) is 6.58. The van der Waals surface area contributed by atoms with Gasteiger partial charge in [0.2, 0.25) is 11.8 Å². The second-order valence-corrected chi connectivity index (χ2v) is 7.50. The number of halogens is 1. The molecule has 2 aromatic rings. The van der Waals surface area contributed by atoms with E-state index in [0.717, 1.165) is 40.7 Å². The van der Waals surface area contributed by atoms with Crippen LogP contribution in [0.4, 0.5) is 5.69 Å². The highest BCUT2D eigenvalue weighted by atomic mass is 79.9. The van der Waals surface area contributed by atoms with Crippen LogP contribution in [0.25, 0.3) is 0 Å². The van der Waals surface area contributed by atoms with Crippen LogP contribution in [0.15, 0.2) is 53.0 Å². The number of hydrogen-bond acceptors (Lipinski definition) is 3. The molecule has 5 nitrogen and oxygen atoms in total. The number of nitrogens with zero attached hydrogens (tertiary/aromatic N) is 1. The lowest BCUT2D eigenvalue weighted by molar-refractivity contribution is -0.122. The number of carbonyl (C=O) groups is 2. The molecule has 0 aliphatic carbocycles. The van der Waals surface area contributed by atoms with Gasteiger partial charge in [0, 0.05) is 16.7 Å². The van der Waals surface area contributed by atoms with E-state index in [4.69, 9.17) is 5.73 Å². The van der Waals surface area contributed by atoms with E-state index >= 15 is 0 Å². The first-order valence-corrected chi connectivity index (χ1v) is 9.47. The van der Waals surface area contributed by atoms with E-state index < -0.39 is 0 Å². The highest BCUT2D eigenvalue weighted by Gasteiger charge is 2.28. The van der Waals surface area contributed by atoms with Crippen LogP contribution in [-0.4, -0.2) is 29.3 Å². The summed E-state index contributed by atoms with van der Waals surface area (Å²) in [6.07, 6.45) is 2.13. The number of hydrogen-bond donors (Lipinski definition) is 2. The lowest BCUT2D eigenvalue weighted by Gasteiger charge is -2.22. The largest absolute Gasteiger partial charge is 0.368 e. The molecule has 1 aliphatic rings. The summed E-state index contributed by atoms with van der Waals surface area (Å²) in [4.78, 5) is 25.9. The lowest BCUT2D eigenvalue weighted by Crippen LogP contribution is -2.39. The molecule has 0 saturated carbocycles. The molecule has 1 heterocycles. The van der Waals surface area contributed by atoms with Crippen molar-refractivity contribution in [2.45, 2.75) is 31.8 Å². The number of nitrogens with two attached hydrogens (primary N) is 1. The Balaban J connectivity index is 1.61. The molecule has 1 aliphatic heterocycles. The maximum Gasteiger partial charge on any atom is 0.234 e. The van der Waals surface area contributed by atoms with Gasteiger partial charge in [0.15, 0.2) is 0 Å². The normalized spacial score (nSPS) is 17.2. The number of primary amides is 1. The molecule has 1 fully saturated rings. The van der Waals surface area contributed by atoms with Crippen LogP contribution in [0.1, 0.15) is 24.0 Å². The van der Waals surface area contributed by atoms with Crippen molar-refractivity contribution in [1.82, 2.24) is 4.90 Å². The maximum atomic E-state index is 12.3. The average Bonchev–Trinajstić information content (AvgIpc) is 3.05. The van der Waals surface area contributed by atoms with Crippen LogP contribution in [0, 0.1) is 0 Å². The fourth-order valence-electron chi connectivity index (χ4n) is 3.31. The molecule has 2 amide bonds. The zero-order valence-electron chi connectivity index (χ0n) is 14.5. The monoisotopic (exact) mass is 415 g/mol. The Bertz CT molecular complexity index is 792. The van der Waals surface area contributed by atoms with Gasteiger partial charge in [0.25, 0.3) is 0 Å². The van der Waals surface area contributed by atoms with E-state index in [1.807, 2.05) is 48.5 Å². The molecule has 1 saturated heterocycles. The molecule has 26 heavy (non-hydrogen) atoms. The van der Waals surface area contributed by atoms with E-state index in [1.54, 1.807) is 0 Å². The molecular weight excluding hydrogens is 394 g/mol. The third-order valence-corrected chi connectivity index (χ3v) is 5.10. The minimum atomic E-state index is -0.263. The van der Waals surface area contributed by atoms with Crippen LogP contribution in [-0.2, 0) is 22.6 Å². The van der Waals surface area contributed by atoms with Crippen molar-refractivity contribution >= 4 is 33.4 Å². The molecule has 0 bridgehead atoms. The maximum absolute atomic E-state index is 12.3. The third-order valence-electron chi connectivity index (χ3n) is 4.57. The molecule has 136 valence electrons.